The first-order chi connectivity index (χ1) is 13.1. The van der Waals surface area contributed by atoms with E-state index in [2.05, 4.69) is 11.4 Å². The summed E-state index contributed by atoms with van der Waals surface area (Å²) in [7, 11) is 0. The summed E-state index contributed by atoms with van der Waals surface area (Å²) in [5.74, 6) is -0.292. The molecule has 0 aromatic heterocycles. The molecule has 1 saturated carbocycles. The van der Waals surface area contributed by atoms with Gasteiger partial charge in [-0.1, -0.05) is 17.7 Å². The SMILES string of the molecule is CC(C)(C)OC(=O)N1C[C@H](Sc2cccc(Cl)c2)C[C@H]1C(=O)NC1(C#N)CC1. The lowest BCUT2D eigenvalue weighted by Crippen LogP contribution is -2.50. The summed E-state index contributed by atoms with van der Waals surface area (Å²) >= 11 is 7.65. The van der Waals surface area contributed by atoms with Crippen molar-refractivity contribution in [1.82, 2.24) is 10.2 Å². The topological polar surface area (TPSA) is 82.4 Å². The van der Waals surface area contributed by atoms with Crippen LogP contribution in [0.15, 0.2) is 29.2 Å². The molecule has 6 nitrogen and oxygen atoms in total. The van der Waals surface area contributed by atoms with Gasteiger partial charge < -0.3 is 10.1 Å². The summed E-state index contributed by atoms with van der Waals surface area (Å²) in [5.41, 5.74) is -1.42. The van der Waals surface area contributed by atoms with Crippen LogP contribution in [0, 0.1) is 11.3 Å². The van der Waals surface area contributed by atoms with Crippen LogP contribution in [0.25, 0.3) is 0 Å². The third-order valence-electron chi connectivity index (χ3n) is 4.62. The third-order valence-corrected chi connectivity index (χ3v) is 6.05. The first kappa shape index (κ1) is 20.8. The molecule has 1 saturated heterocycles. The second-order valence-electron chi connectivity index (χ2n) is 8.26. The first-order valence-corrected chi connectivity index (χ1v) is 10.5. The number of nitriles is 1. The van der Waals surface area contributed by atoms with Gasteiger partial charge in [0.25, 0.3) is 0 Å². The fraction of sp³-hybridized carbons (Fsp3) is 0.550. The van der Waals surface area contributed by atoms with Crippen LogP contribution < -0.4 is 5.32 Å². The zero-order valence-corrected chi connectivity index (χ0v) is 17.8. The number of likely N-dealkylation sites (tertiary alicyclic amines) is 1. The summed E-state index contributed by atoms with van der Waals surface area (Å²) < 4.78 is 5.50. The number of carbonyl (C=O) groups excluding carboxylic acids is 2. The maximum absolute atomic E-state index is 12.9. The molecule has 0 radical (unpaired) electrons. The molecular weight excluding hydrogens is 398 g/mol. The van der Waals surface area contributed by atoms with E-state index in [1.807, 2.05) is 18.2 Å². The van der Waals surface area contributed by atoms with E-state index in [0.29, 0.717) is 30.8 Å². The highest BCUT2D eigenvalue weighted by Crippen LogP contribution is 2.37. The molecule has 0 bridgehead atoms. The van der Waals surface area contributed by atoms with Gasteiger partial charge in [0, 0.05) is 21.7 Å². The Kier molecular flexibility index (Phi) is 5.83. The molecular formula is C20H24ClN3O3S. The van der Waals surface area contributed by atoms with Crippen molar-refractivity contribution in [2.24, 2.45) is 0 Å². The van der Waals surface area contributed by atoms with E-state index < -0.39 is 23.3 Å². The number of ether oxygens (including phenoxy) is 1. The fourth-order valence-electron chi connectivity index (χ4n) is 3.10. The van der Waals surface area contributed by atoms with Crippen molar-refractivity contribution >= 4 is 35.4 Å². The molecule has 150 valence electrons. The van der Waals surface area contributed by atoms with E-state index in [-0.39, 0.29) is 11.2 Å². The maximum Gasteiger partial charge on any atom is 0.411 e. The highest BCUT2D eigenvalue weighted by molar-refractivity contribution is 8.00. The number of hydrogen-bond acceptors (Lipinski definition) is 5. The first-order valence-electron chi connectivity index (χ1n) is 9.26. The van der Waals surface area contributed by atoms with E-state index >= 15 is 0 Å². The van der Waals surface area contributed by atoms with E-state index in [1.54, 1.807) is 38.6 Å². The molecule has 1 aliphatic carbocycles. The molecule has 2 atom stereocenters. The molecule has 1 aromatic rings. The van der Waals surface area contributed by atoms with Crippen LogP contribution in [0.5, 0.6) is 0 Å². The van der Waals surface area contributed by atoms with Crippen molar-refractivity contribution in [2.75, 3.05) is 6.54 Å². The van der Waals surface area contributed by atoms with E-state index in [9.17, 15) is 14.9 Å². The zero-order valence-electron chi connectivity index (χ0n) is 16.2. The molecule has 3 rings (SSSR count). The lowest BCUT2D eigenvalue weighted by Gasteiger charge is -2.28. The molecule has 1 aromatic carbocycles. The number of nitrogens with one attached hydrogen (secondary N) is 1. The Morgan fingerprint density at radius 3 is 2.68 bits per heavy atom. The molecule has 8 heteroatoms. The van der Waals surface area contributed by atoms with Gasteiger partial charge in [-0.15, -0.1) is 11.8 Å². The number of halogens is 1. The predicted octanol–water partition coefficient (Wildman–Crippen LogP) is 3.98. The van der Waals surface area contributed by atoms with E-state index in [4.69, 9.17) is 16.3 Å². The highest BCUT2D eigenvalue weighted by Gasteiger charge is 2.49. The van der Waals surface area contributed by atoms with E-state index in [1.165, 1.54) is 4.90 Å². The van der Waals surface area contributed by atoms with Gasteiger partial charge in [0.05, 0.1) is 6.07 Å². The van der Waals surface area contributed by atoms with E-state index in [0.717, 1.165) is 4.90 Å². The zero-order chi connectivity index (χ0) is 20.5. The van der Waals surface area contributed by atoms with Gasteiger partial charge in [0.1, 0.15) is 17.2 Å². The van der Waals surface area contributed by atoms with Crippen LogP contribution in [0.3, 0.4) is 0 Å². The number of carbonyl (C=O) groups is 2. The number of amides is 2. The molecule has 2 amide bonds. The second kappa shape index (κ2) is 7.84. The average Bonchev–Trinajstić information content (AvgIpc) is 3.23. The van der Waals surface area contributed by atoms with Crippen LogP contribution in [-0.2, 0) is 9.53 Å². The van der Waals surface area contributed by atoms with Crippen LogP contribution >= 0.6 is 23.4 Å². The Hall–Kier alpha value is -1.91. The number of hydrogen-bond donors (Lipinski definition) is 1. The Morgan fingerprint density at radius 2 is 2.11 bits per heavy atom. The van der Waals surface area contributed by atoms with Crippen molar-refractivity contribution in [2.45, 2.75) is 67.4 Å². The molecule has 1 N–H and O–H groups in total. The van der Waals surface area contributed by atoms with Gasteiger partial charge in [-0.3, -0.25) is 9.69 Å². The minimum absolute atomic E-state index is 0.0268. The van der Waals surface area contributed by atoms with Gasteiger partial charge in [0.15, 0.2) is 0 Å². The summed E-state index contributed by atoms with van der Waals surface area (Å²) in [4.78, 5) is 28.0. The van der Waals surface area contributed by atoms with Crippen molar-refractivity contribution < 1.29 is 14.3 Å². The predicted molar refractivity (Wildman–Crippen MR) is 108 cm³/mol. The number of rotatable bonds is 4. The Labute approximate surface area is 174 Å². The quantitative estimate of drug-likeness (QED) is 0.794. The minimum atomic E-state index is -0.769. The smallest absolute Gasteiger partial charge is 0.411 e. The van der Waals surface area contributed by atoms with Crippen LogP contribution in [0.2, 0.25) is 5.02 Å². The number of thioether (sulfide) groups is 1. The van der Waals surface area contributed by atoms with Gasteiger partial charge in [0.2, 0.25) is 5.91 Å². The summed E-state index contributed by atoms with van der Waals surface area (Å²) in [6, 6.07) is 9.01. The largest absolute Gasteiger partial charge is 0.444 e. The summed E-state index contributed by atoms with van der Waals surface area (Å²) in [6.45, 7) is 5.78. The Balaban J connectivity index is 1.74. The van der Waals surface area contributed by atoms with Crippen LogP contribution in [0.4, 0.5) is 4.79 Å². The van der Waals surface area contributed by atoms with Crippen molar-refractivity contribution in [3.63, 3.8) is 0 Å². The molecule has 1 heterocycles. The van der Waals surface area contributed by atoms with Crippen LogP contribution in [-0.4, -0.2) is 45.9 Å². The van der Waals surface area contributed by atoms with Crippen LogP contribution in [0.1, 0.15) is 40.0 Å². The normalized spacial score (nSPS) is 23.0. The van der Waals surface area contributed by atoms with Crippen molar-refractivity contribution in [3.05, 3.63) is 29.3 Å². The minimum Gasteiger partial charge on any atom is -0.444 e. The van der Waals surface area contributed by atoms with Gasteiger partial charge >= 0.3 is 6.09 Å². The highest BCUT2D eigenvalue weighted by atomic mass is 35.5. The number of benzene rings is 1. The Bertz CT molecular complexity index is 814. The average molecular weight is 422 g/mol. The summed E-state index contributed by atoms with van der Waals surface area (Å²) in [5, 5.41) is 12.8. The van der Waals surface area contributed by atoms with Gasteiger partial charge in [-0.2, -0.15) is 5.26 Å². The number of nitrogens with zero attached hydrogens (tertiary/aromatic N) is 2. The maximum atomic E-state index is 12.9. The fourth-order valence-corrected chi connectivity index (χ4v) is 4.60. The molecule has 2 aliphatic rings. The standard InChI is InChI=1S/C20H24ClN3O3S/c1-19(2,3)27-18(26)24-11-15(28-14-6-4-5-13(21)9-14)10-16(24)17(25)23-20(12-22)7-8-20/h4-6,9,15-16H,7-8,10-11H2,1-3H3,(H,23,25)/t15-,16+/m1/s1. The summed E-state index contributed by atoms with van der Waals surface area (Å²) in [6.07, 6.45) is 1.28. The molecule has 2 fully saturated rings. The lowest BCUT2D eigenvalue weighted by molar-refractivity contribution is -0.126. The Morgan fingerprint density at radius 1 is 1.39 bits per heavy atom. The second-order valence-corrected chi connectivity index (χ2v) is 10.1. The van der Waals surface area contributed by atoms with Gasteiger partial charge in [-0.05, 0) is 58.2 Å². The lowest BCUT2D eigenvalue weighted by atomic mass is 10.2. The van der Waals surface area contributed by atoms with Crippen molar-refractivity contribution in [1.29, 1.82) is 5.26 Å². The molecule has 0 unspecified atom stereocenters. The van der Waals surface area contributed by atoms with Crippen molar-refractivity contribution in [3.8, 4) is 6.07 Å². The third kappa shape index (κ3) is 5.12. The van der Waals surface area contributed by atoms with Gasteiger partial charge in [-0.25, -0.2) is 4.79 Å². The molecule has 1 aliphatic heterocycles. The molecule has 0 spiro atoms. The monoisotopic (exact) mass is 421 g/mol. The molecule has 28 heavy (non-hydrogen) atoms.